The summed E-state index contributed by atoms with van der Waals surface area (Å²) in [5.41, 5.74) is 1.90. The minimum Gasteiger partial charge on any atom is -0.351 e. The second-order valence-electron chi connectivity index (χ2n) is 6.64. The van der Waals surface area contributed by atoms with Crippen molar-refractivity contribution in [2.75, 3.05) is 11.9 Å². The quantitative estimate of drug-likeness (QED) is 0.647. The van der Waals surface area contributed by atoms with E-state index in [-0.39, 0.29) is 28.9 Å². The van der Waals surface area contributed by atoms with Crippen LogP contribution in [-0.4, -0.2) is 17.0 Å². The molecule has 0 saturated heterocycles. The first kappa shape index (κ1) is 18.4. The number of hydrogen-bond donors (Lipinski definition) is 2. The van der Waals surface area contributed by atoms with Gasteiger partial charge in [-0.15, -0.1) is 0 Å². The van der Waals surface area contributed by atoms with Crippen LogP contribution in [0, 0.1) is 5.82 Å². The largest absolute Gasteiger partial charge is 0.351 e. The number of hydrogen-bond acceptors (Lipinski definition) is 3. The third kappa shape index (κ3) is 3.22. The van der Waals surface area contributed by atoms with E-state index in [0.29, 0.717) is 22.1 Å². The molecule has 3 aromatic rings. The van der Waals surface area contributed by atoms with Gasteiger partial charge in [0.05, 0.1) is 11.3 Å². The Labute approximate surface area is 169 Å². The summed E-state index contributed by atoms with van der Waals surface area (Å²) in [6.45, 7) is 0.398. The van der Waals surface area contributed by atoms with E-state index in [1.807, 2.05) is 30.3 Å². The Bertz CT molecular complexity index is 1130. The molecule has 0 bridgehead atoms. The van der Waals surface area contributed by atoms with Crippen molar-refractivity contribution in [3.05, 3.63) is 91.9 Å². The van der Waals surface area contributed by atoms with Gasteiger partial charge < -0.3 is 10.6 Å². The smallest absolute Gasteiger partial charge is 0.255 e. The molecule has 1 aliphatic heterocycles. The van der Waals surface area contributed by atoms with Crippen molar-refractivity contribution in [2.24, 2.45) is 7.05 Å². The lowest BCUT2D eigenvalue weighted by atomic mass is 9.85. The molecule has 2 heterocycles. The molecule has 1 aliphatic rings. The number of carbonyl (C=O) groups excluding carboxylic acids is 1. The van der Waals surface area contributed by atoms with Gasteiger partial charge in [-0.05, 0) is 29.3 Å². The first-order chi connectivity index (χ1) is 13.5. The molecular weight excluding hydrogens is 425 g/mol. The fourth-order valence-corrected chi connectivity index (χ4v) is 3.80. The van der Waals surface area contributed by atoms with Crippen molar-refractivity contribution in [3.8, 4) is 0 Å². The van der Waals surface area contributed by atoms with Gasteiger partial charge in [-0.3, -0.25) is 14.2 Å². The fraction of sp³-hybridized carbons (Fsp3) is 0.143. The zero-order chi connectivity index (χ0) is 19.8. The molecule has 0 radical (unpaired) electrons. The Balaban J connectivity index is 1.89. The summed E-state index contributed by atoms with van der Waals surface area (Å²) in [4.78, 5) is 25.3. The van der Waals surface area contributed by atoms with E-state index in [2.05, 4.69) is 26.6 Å². The summed E-state index contributed by atoms with van der Waals surface area (Å²) in [5.74, 6) is -0.673. The predicted octanol–water partition coefficient (Wildman–Crippen LogP) is 3.91. The van der Waals surface area contributed by atoms with Gasteiger partial charge >= 0.3 is 0 Å². The number of carbonyl (C=O) groups is 1. The number of nitrogens with one attached hydrogen (secondary N) is 2. The number of pyridine rings is 1. The van der Waals surface area contributed by atoms with Crippen molar-refractivity contribution >= 4 is 33.3 Å². The SMILES string of the molecule is Cn1c(Nc2ccc(Br)cc2F)c2c(cc1=O)C(c1ccccc1)CNC2=O. The Morgan fingerprint density at radius 1 is 1.14 bits per heavy atom. The summed E-state index contributed by atoms with van der Waals surface area (Å²) < 4.78 is 16.3. The lowest BCUT2D eigenvalue weighted by Gasteiger charge is -2.29. The molecule has 0 saturated carbocycles. The van der Waals surface area contributed by atoms with Crippen LogP contribution in [0.3, 0.4) is 0 Å². The molecule has 2 N–H and O–H groups in total. The monoisotopic (exact) mass is 441 g/mol. The van der Waals surface area contributed by atoms with Crippen LogP contribution in [0.5, 0.6) is 0 Å². The second kappa shape index (κ2) is 7.24. The molecule has 28 heavy (non-hydrogen) atoms. The number of halogens is 2. The highest BCUT2D eigenvalue weighted by Gasteiger charge is 2.31. The van der Waals surface area contributed by atoms with Crippen molar-refractivity contribution < 1.29 is 9.18 Å². The molecule has 0 spiro atoms. The zero-order valence-electron chi connectivity index (χ0n) is 15.0. The maximum absolute atomic E-state index is 14.4. The van der Waals surface area contributed by atoms with E-state index in [1.54, 1.807) is 19.2 Å². The lowest BCUT2D eigenvalue weighted by molar-refractivity contribution is 0.0943. The van der Waals surface area contributed by atoms with E-state index in [1.165, 1.54) is 16.7 Å². The highest BCUT2D eigenvalue weighted by atomic mass is 79.9. The molecular formula is C21H17BrFN3O2. The molecule has 0 aliphatic carbocycles. The minimum absolute atomic E-state index is 0.155. The molecule has 2 aromatic carbocycles. The van der Waals surface area contributed by atoms with Crippen LogP contribution in [0.1, 0.15) is 27.4 Å². The highest BCUT2D eigenvalue weighted by Crippen LogP contribution is 2.34. The molecule has 1 amide bonds. The first-order valence-corrected chi connectivity index (χ1v) is 9.54. The Kier molecular flexibility index (Phi) is 4.77. The summed E-state index contributed by atoms with van der Waals surface area (Å²) in [7, 11) is 1.56. The van der Waals surface area contributed by atoms with E-state index < -0.39 is 5.82 Å². The van der Waals surface area contributed by atoms with Crippen LogP contribution in [0.15, 0.2) is 63.9 Å². The molecule has 5 nitrogen and oxygen atoms in total. The molecule has 0 fully saturated rings. The molecule has 4 rings (SSSR count). The first-order valence-electron chi connectivity index (χ1n) is 8.75. The predicted molar refractivity (Wildman–Crippen MR) is 110 cm³/mol. The van der Waals surface area contributed by atoms with Crippen molar-refractivity contribution in [3.63, 3.8) is 0 Å². The van der Waals surface area contributed by atoms with Crippen LogP contribution < -0.4 is 16.2 Å². The Morgan fingerprint density at radius 2 is 1.89 bits per heavy atom. The number of rotatable bonds is 3. The second-order valence-corrected chi connectivity index (χ2v) is 7.56. The molecule has 142 valence electrons. The van der Waals surface area contributed by atoms with Crippen LogP contribution in [0.25, 0.3) is 0 Å². The number of aromatic nitrogens is 1. The summed E-state index contributed by atoms with van der Waals surface area (Å²) in [5, 5.41) is 5.83. The Morgan fingerprint density at radius 3 is 2.61 bits per heavy atom. The fourth-order valence-electron chi connectivity index (χ4n) is 3.47. The van der Waals surface area contributed by atoms with Crippen LogP contribution in [0.4, 0.5) is 15.9 Å². The summed E-state index contributed by atoms with van der Waals surface area (Å²) in [6.07, 6.45) is 0. The van der Waals surface area contributed by atoms with Gasteiger partial charge in [-0.25, -0.2) is 4.39 Å². The minimum atomic E-state index is -0.491. The van der Waals surface area contributed by atoms with Crippen LogP contribution >= 0.6 is 15.9 Å². The summed E-state index contributed by atoms with van der Waals surface area (Å²) >= 11 is 3.22. The number of amides is 1. The Hall–Kier alpha value is -2.93. The zero-order valence-corrected chi connectivity index (χ0v) is 16.6. The van der Waals surface area contributed by atoms with Crippen LogP contribution in [-0.2, 0) is 7.05 Å². The van der Waals surface area contributed by atoms with E-state index in [0.717, 1.165) is 5.56 Å². The number of fused-ring (bicyclic) bond motifs is 1. The maximum Gasteiger partial charge on any atom is 0.255 e. The van der Waals surface area contributed by atoms with Gasteiger partial charge in [-0.1, -0.05) is 46.3 Å². The van der Waals surface area contributed by atoms with Gasteiger partial charge in [0, 0.05) is 30.0 Å². The van der Waals surface area contributed by atoms with Gasteiger partial charge in [0.25, 0.3) is 11.5 Å². The number of benzene rings is 2. The number of anilines is 2. The topological polar surface area (TPSA) is 63.1 Å². The average Bonchev–Trinajstić information content (AvgIpc) is 2.68. The normalized spacial score (nSPS) is 15.7. The van der Waals surface area contributed by atoms with Crippen molar-refractivity contribution in [2.45, 2.75) is 5.92 Å². The van der Waals surface area contributed by atoms with Gasteiger partial charge in [0.2, 0.25) is 0 Å². The third-order valence-electron chi connectivity index (χ3n) is 4.93. The number of nitrogens with zero attached hydrogens (tertiary/aromatic N) is 1. The van der Waals surface area contributed by atoms with Crippen molar-refractivity contribution in [1.29, 1.82) is 0 Å². The molecule has 1 atom stereocenters. The van der Waals surface area contributed by atoms with Gasteiger partial charge in [0.15, 0.2) is 0 Å². The maximum atomic E-state index is 14.4. The van der Waals surface area contributed by atoms with E-state index in [9.17, 15) is 14.0 Å². The summed E-state index contributed by atoms with van der Waals surface area (Å²) in [6, 6.07) is 15.7. The van der Waals surface area contributed by atoms with Gasteiger partial charge in [-0.2, -0.15) is 0 Å². The third-order valence-corrected chi connectivity index (χ3v) is 5.42. The van der Waals surface area contributed by atoms with Crippen LogP contribution in [0.2, 0.25) is 0 Å². The van der Waals surface area contributed by atoms with Crippen molar-refractivity contribution in [1.82, 2.24) is 9.88 Å². The average molecular weight is 442 g/mol. The molecule has 7 heteroatoms. The van der Waals surface area contributed by atoms with E-state index in [4.69, 9.17) is 0 Å². The molecule has 1 unspecified atom stereocenters. The highest BCUT2D eigenvalue weighted by molar-refractivity contribution is 9.10. The standard InChI is InChI=1S/C21H17BrFN3O2/c1-26-18(27)10-14-15(12-5-3-2-4-6-12)11-24-21(28)19(14)20(26)25-17-8-7-13(22)9-16(17)23/h2-10,15,25H,11H2,1H3,(H,24,28). The van der Waals surface area contributed by atoms with E-state index >= 15 is 0 Å². The lowest BCUT2D eigenvalue weighted by Crippen LogP contribution is -2.39. The van der Waals surface area contributed by atoms with Gasteiger partial charge in [0.1, 0.15) is 11.6 Å². The molecule has 1 aromatic heterocycles.